The van der Waals surface area contributed by atoms with Gasteiger partial charge in [-0.3, -0.25) is 5.41 Å². The molecule has 0 unspecified atom stereocenters. The van der Waals surface area contributed by atoms with Crippen LogP contribution in [0.1, 0.15) is 24.0 Å². The highest BCUT2D eigenvalue weighted by atomic mass is 35.5. The van der Waals surface area contributed by atoms with Crippen LogP contribution < -0.4 is 10.6 Å². The lowest BCUT2D eigenvalue weighted by Gasteiger charge is -2.26. The van der Waals surface area contributed by atoms with Crippen molar-refractivity contribution < 1.29 is 0 Å². The Bertz CT molecular complexity index is 620. The second-order valence-electron chi connectivity index (χ2n) is 5.07. The topological polar surface area (TPSA) is 53.1 Å². The van der Waals surface area contributed by atoms with E-state index in [1.165, 1.54) is 18.4 Å². The number of anilines is 1. The van der Waals surface area contributed by atoms with Crippen molar-refractivity contribution in [2.75, 3.05) is 4.90 Å². The van der Waals surface area contributed by atoms with Gasteiger partial charge in [0.1, 0.15) is 5.84 Å². The van der Waals surface area contributed by atoms with E-state index < -0.39 is 0 Å². The first-order valence-corrected chi connectivity index (χ1v) is 7.89. The molecule has 3 N–H and O–H groups in total. The molecule has 3 nitrogen and oxygen atoms in total. The molecule has 1 saturated carbocycles. The molecular weight excluding hydrogens is 290 g/mol. The number of nitrogen functional groups attached to an aromatic ring is 1. The van der Waals surface area contributed by atoms with Gasteiger partial charge >= 0.3 is 0 Å². The lowest BCUT2D eigenvalue weighted by molar-refractivity contribution is 0.795. The van der Waals surface area contributed by atoms with Crippen molar-refractivity contribution in [1.82, 2.24) is 0 Å². The molecule has 3 rings (SSSR count). The van der Waals surface area contributed by atoms with Gasteiger partial charge in [0.25, 0.3) is 0 Å². The fraction of sp³-hybridized carbons (Fsp3) is 0.267. The van der Waals surface area contributed by atoms with Crippen molar-refractivity contribution in [2.24, 2.45) is 5.73 Å². The summed E-state index contributed by atoms with van der Waals surface area (Å²) < 4.78 is 0. The van der Waals surface area contributed by atoms with Gasteiger partial charge in [-0.05, 0) is 53.4 Å². The third-order valence-corrected chi connectivity index (χ3v) is 4.45. The molecule has 0 saturated heterocycles. The fourth-order valence-electron chi connectivity index (χ4n) is 2.35. The van der Waals surface area contributed by atoms with Crippen LogP contribution in [0.15, 0.2) is 35.0 Å². The first kappa shape index (κ1) is 13.5. The molecule has 0 bridgehead atoms. The van der Waals surface area contributed by atoms with E-state index in [-0.39, 0.29) is 5.84 Å². The molecule has 2 aromatic rings. The molecule has 1 aliphatic carbocycles. The average molecular weight is 306 g/mol. The quantitative estimate of drug-likeness (QED) is 0.651. The highest BCUT2D eigenvalue weighted by Crippen LogP contribution is 2.36. The van der Waals surface area contributed by atoms with Crippen molar-refractivity contribution in [1.29, 1.82) is 5.41 Å². The Morgan fingerprint density at radius 2 is 2.20 bits per heavy atom. The summed E-state index contributed by atoms with van der Waals surface area (Å²) in [5.74, 6) is 0.0680. The number of benzene rings is 1. The molecule has 1 aliphatic rings. The van der Waals surface area contributed by atoms with E-state index in [0.717, 1.165) is 17.8 Å². The van der Waals surface area contributed by atoms with Crippen LogP contribution in [0.25, 0.3) is 0 Å². The normalized spacial score (nSPS) is 14.2. The molecular formula is C15H16ClN3S. The molecule has 20 heavy (non-hydrogen) atoms. The van der Waals surface area contributed by atoms with Gasteiger partial charge in [0.2, 0.25) is 0 Å². The van der Waals surface area contributed by atoms with E-state index in [1.807, 2.05) is 12.1 Å². The summed E-state index contributed by atoms with van der Waals surface area (Å²) >= 11 is 7.74. The van der Waals surface area contributed by atoms with Crippen LogP contribution in [0.3, 0.4) is 0 Å². The number of amidine groups is 1. The van der Waals surface area contributed by atoms with Crippen LogP contribution in [0, 0.1) is 5.41 Å². The summed E-state index contributed by atoms with van der Waals surface area (Å²) in [5, 5.41) is 12.6. The average Bonchev–Trinajstić information content (AvgIpc) is 3.13. The van der Waals surface area contributed by atoms with Crippen molar-refractivity contribution >= 4 is 34.5 Å². The van der Waals surface area contributed by atoms with Crippen LogP contribution in [0.4, 0.5) is 5.69 Å². The van der Waals surface area contributed by atoms with Gasteiger partial charge in [0.05, 0.1) is 0 Å². The summed E-state index contributed by atoms with van der Waals surface area (Å²) in [6.07, 6.45) is 2.40. The number of nitrogens with zero attached hydrogens (tertiary/aromatic N) is 1. The van der Waals surface area contributed by atoms with E-state index in [0.29, 0.717) is 11.1 Å². The smallest absolute Gasteiger partial charge is 0.124 e. The SMILES string of the molecule is N=C(N)c1cc(Cl)ccc1N(Cc1ccsc1)C1CC1. The Kier molecular flexibility index (Phi) is 3.68. The largest absolute Gasteiger partial charge is 0.384 e. The molecule has 1 fully saturated rings. The van der Waals surface area contributed by atoms with Crippen LogP contribution in [-0.4, -0.2) is 11.9 Å². The molecule has 1 aromatic carbocycles. The second-order valence-corrected chi connectivity index (χ2v) is 6.28. The van der Waals surface area contributed by atoms with Gasteiger partial charge in [-0.1, -0.05) is 11.6 Å². The second kappa shape index (κ2) is 5.46. The predicted molar refractivity (Wildman–Crippen MR) is 86.0 cm³/mol. The van der Waals surface area contributed by atoms with Crippen LogP contribution in [0.5, 0.6) is 0 Å². The molecule has 0 radical (unpaired) electrons. The maximum absolute atomic E-state index is 7.77. The van der Waals surface area contributed by atoms with Gasteiger partial charge in [0, 0.05) is 28.9 Å². The Hall–Kier alpha value is -1.52. The summed E-state index contributed by atoms with van der Waals surface area (Å²) in [6.45, 7) is 0.857. The number of nitrogens with one attached hydrogen (secondary N) is 1. The molecule has 1 aromatic heterocycles. The molecule has 104 valence electrons. The standard InChI is InChI=1S/C15H16ClN3S/c16-11-1-4-14(13(7-11)15(17)18)19(12-2-3-12)8-10-5-6-20-9-10/h1,4-7,9,12H,2-3,8H2,(H3,17,18). The number of hydrogen-bond donors (Lipinski definition) is 2. The van der Waals surface area contributed by atoms with Crippen LogP contribution in [0.2, 0.25) is 5.02 Å². The van der Waals surface area contributed by atoms with Gasteiger partial charge in [0.15, 0.2) is 0 Å². The maximum atomic E-state index is 7.77. The number of thiophene rings is 1. The highest BCUT2D eigenvalue weighted by molar-refractivity contribution is 7.07. The number of rotatable bonds is 5. The van der Waals surface area contributed by atoms with Gasteiger partial charge < -0.3 is 10.6 Å². The minimum atomic E-state index is 0.0680. The van der Waals surface area contributed by atoms with Crippen LogP contribution in [-0.2, 0) is 6.54 Å². The third kappa shape index (κ3) is 2.81. The van der Waals surface area contributed by atoms with Gasteiger partial charge in [-0.25, -0.2) is 0 Å². The van der Waals surface area contributed by atoms with E-state index in [9.17, 15) is 0 Å². The summed E-state index contributed by atoms with van der Waals surface area (Å²) in [5.41, 5.74) is 8.74. The minimum absolute atomic E-state index is 0.0680. The summed E-state index contributed by atoms with van der Waals surface area (Å²) in [4.78, 5) is 2.34. The Labute approximate surface area is 127 Å². The zero-order valence-corrected chi connectivity index (χ0v) is 12.5. The zero-order chi connectivity index (χ0) is 14.1. The Morgan fingerprint density at radius 3 is 2.80 bits per heavy atom. The maximum Gasteiger partial charge on any atom is 0.124 e. The number of hydrogen-bond acceptors (Lipinski definition) is 3. The van der Waals surface area contributed by atoms with Gasteiger partial charge in [-0.2, -0.15) is 11.3 Å². The van der Waals surface area contributed by atoms with Crippen molar-refractivity contribution in [3.8, 4) is 0 Å². The molecule has 0 amide bonds. The zero-order valence-electron chi connectivity index (χ0n) is 11.0. The van der Waals surface area contributed by atoms with Gasteiger partial charge in [-0.15, -0.1) is 0 Å². The van der Waals surface area contributed by atoms with Crippen molar-refractivity contribution in [2.45, 2.75) is 25.4 Å². The van der Waals surface area contributed by atoms with Crippen LogP contribution >= 0.6 is 22.9 Å². The highest BCUT2D eigenvalue weighted by Gasteiger charge is 2.31. The lowest BCUT2D eigenvalue weighted by atomic mass is 10.1. The summed E-state index contributed by atoms with van der Waals surface area (Å²) in [7, 11) is 0. The predicted octanol–water partition coefficient (Wildman–Crippen LogP) is 3.85. The molecule has 1 heterocycles. The first-order valence-electron chi connectivity index (χ1n) is 6.57. The molecule has 0 atom stereocenters. The van der Waals surface area contributed by atoms with E-state index in [2.05, 4.69) is 21.7 Å². The third-order valence-electron chi connectivity index (χ3n) is 3.48. The summed E-state index contributed by atoms with van der Waals surface area (Å²) in [6, 6.07) is 8.32. The lowest BCUT2D eigenvalue weighted by Crippen LogP contribution is -2.28. The van der Waals surface area contributed by atoms with Crippen molar-refractivity contribution in [3.63, 3.8) is 0 Å². The number of halogens is 1. The minimum Gasteiger partial charge on any atom is -0.384 e. The van der Waals surface area contributed by atoms with E-state index in [1.54, 1.807) is 17.4 Å². The van der Waals surface area contributed by atoms with E-state index >= 15 is 0 Å². The Morgan fingerprint density at radius 1 is 1.40 bits per heavy atom. The molecule has 0 spiro atoms. The fourth-order valence-corrected chi connectivity index (χ4v) is 3.18. The number of nitrogens with two attached hydrogens (primary N) is 1. The monoisotopic (exact) mass is 305 g/mol. The van der Waals surface area contributed by atoms with E-state index in [4.69, 9.17) is 22.7 Å². The molecule has 0 aliphatic heterocycles. The first-order chi connectivity index (χ1) is 9.65. The van der Waals surface area contributed by atoms with Crippen molar-refractivity contribution in [3.05, 3.63) is 51.2 Å². The molecule has 5 heteroatoms. The Balaban J connectivity index is 1.97.